The number of nitro groups is 1. The summed E-state index contributed by atoms with van der Waals surface area (Å²) in [5, 5.41) is 20.2. The first-order valence-electron chi connectivity index (χ1n) is 6.29. The Morgan fingerprint density at radius 2 is 1.90 bits per heavy atom. The van der Waals surface area contributed by atoms with Crippen molar-refractivity contribution >= 4 is 21.6 Å². The molecule has 0 heterocycles. The number of hydrogen-bond acceptors (Lipinski definition) is 4. The molecule has 0 unspecified atom stereocenters. The van der Waals surface area contributed by atoms with E-state index >= 15 is 0 Å². The number of aliphatic hydroxyl groups is 1. The van der Waals surface area contributed by atoms with E-state index < -0.39 is 11.0 Å². The van der Waals surface area contributed by atoms with Gasteiger partial charge >= 0.3 is 0 Å². The predicted molar refractivity (Wildman–Crippen MR) is 82.7 cm³/mol. The normalized spacial score (nSPS) is 12.0. The van der Waals surface area contributed by atoms with Gasteiger partial charge in [0.05, 0.1) is 15.5 Å². The van der Waals surface area contributed by atoms with E-state index in [1.165, 1.54) is 12.1 Å². The minimum Gasteiger partial charge on any atom is -0.456 e. The molecule has 1 N–H and O–H groups in total. The molecule has 0 radical (unpaired) electrons. The van der Waals surface area contributed by atoms with Crippen LogP contribution in [-0.2, 0) is 0 Å². The summed E-state index contributed by atoms with van der Waals surface area (Å²) in [5.74, 6) is 1.13. The fraction of sp³-hybridized carbons (Fsp3) is 0.200. The molecule has 0 aliphatic heterocycles. The van der Waals surface area contributed by atoms with Crippen LogP contribution in [0.15, 0.2) is 40.9 Å². The molecule has 21 heavy (non-hydrogen) atoms. The zero-order valence-corrected chi connectivity index (χ0v) is 13.1. The van der Waals surface area contributed by atoms with Gasteiger partial charge < -0.3 is 9.84 Å². The molecule has 5 nitrogen and oxygen atoms in total. The van der Waals surface area contributed by atoms with E-state index in [1.807, 2.05) is 0 Å². The van der Waals surface area contributed by atoms with Crippen LogP contribution in [0.25, 0.3) is 0 Å². The zero-order valence-electron chi connectivity index (χ0n) is 11.5. The van der Waals surface area contributed by atoms with Gasteiger partial charge in [-0.1, -0.05) is 6.07 Å². The number of aryl methyl sites for hydroxylation is 1. The third kappa shape index (κ3) is 3.59. The predicted octanol–water partition coefficient (Wildman–Crippen LogP) is 4.51. The van der Waals surface area contributed by atoms with Crippen molar-refractivity contribution in [2.45, 2.75) is 20.0 Å². The standard InChI is InChI=1S/C15H14BrNO4/c1-9-7-12(17(19)20)4-6-14(9)21-15-5-3-11(10(2)18)8-13(15)16/h3-8,10,18H,1-2H3/t10-/m1/s1. The molecular weight excluding hydrogens is 338 g/mol. The average Bonchev–Trinajstić information content (AvgIpc) is 2.42. The number of nitrogens with zero attached hydrogens (tertiary/aromatic N) is 1. The van der Waals surface area contributed by atoms with Gasteiger partial charge in [0, 0.05) is 12.1 Å². The van der Waals surface area contributed by atoms with E-state index in [1.54, 1.807) is 38.1 Å². The molecule has 0 fully saturated rings. The largest absolute Gasteiger partial charge is 0.456 e. The first kappa shape index (κ1) is 15.5. The SMILES string of the molecule is Cc1cc([N+](=O)[O-])ccc1Oc1ccc([C@@H](C)O)cc1Br. The molecule has 6 heteroatoms. The Kier molecular flexibility index (Phi) is 4.59. The molecule has 0 aromatic heterocycles. The molecule has 0 saturated heterocycles. The molecular formula is C15H14BrNO4. The van der Waals surface area contributed by atoms with Crippen LogP contribution in [0.4, 0.5) is 5.69 Å². The smallest absolute Gasteiger partial charge is 0.269 e. The second-order valence-corrected chi connectivity index (χ2v) is 5.53. The van der Waals surface area contributed by atoms with Crippen molar-refractivity contribution in [3.8, 4) is 11.5 Å². The van der Waals surface area contributed by atoms with Crippen molar-refractivity contribution in [2.24, 2.45) is 0 Å². The number of benzene rings is 2. The fourth-order valence-electron chi connectivity index (χ4n) is 1.84. The number of rotatable bonds is 4. The van der Waals surface area contributed by atoms with Gasteiger partial charge in [0.1, 0.15) is 11.5 Å². The maximum absolute atomic E-state index is 10.7. The lowest BCUT2D eigenvalue weighted by Gasteiger charge is -2.12. The highest BCUT2D eigenvalue weighted by Crippen LogP contribution is 2.34. The Morgan fingerprint density at radius 1 is 1.24 bits per heavy atom. The summed E-state index contributed by atoms with van der Waals surface area (Å²) < 4.78 is 6.47. The summed E-state index contributed by atoms with van der Waals surface area (Å²) in [6.07, 6.45) is -0.559. The summed E-state index contributed by atoms with van der Waals surface area (Å²) >= 11 is 3.39. The van der Waals surface area contributed by atoms with Crippen molar-refractivity contribution < 1.29 is 14.8 Å². The highest BCUT2D eigenvalue weighted by atomic mass is 79.9. The van der Waals surface area contributed by atoms with E-state index in [4.69, 9.17) is 4.74 Å². The quantitative estimate of drug-likeness (QED) is 0.649. The molecule has 0 saturated carbocycles. The van der Waals surface area contributed by atoms with Crippen molar-refractivity contribution in [1.82, 2.24) is 0 Å². The van der Waals surface area contributed by atoms with Crippen LogP contribution in [0.5, 0.6) is 11.5 Å². The number of nitro benzene ring substituents is 1. The number of ether oxygens (including phenoxy) is 1. The number of halogens is 1. The number of hydrogen-bond donors (Lipinski definition) is 1. The average molecular weight is 352 g/mol. The van der Waals surface area contributed by atoms with Gasteiger partial charge in [-0.2, -0.15) is 0 Å². The lowest BCUT2D eigenvalue weighted by Crippen LogP contribution is -1.94. The van der Waals surface area contributed by atoms with Gasteiger partial charge in [0.2, 0.25) is 0 Å². The number of aliphatic hydroxyl groups excluding tert-OH is 1. The highest BCUT2D eigenvalue weighted by Gasteiger charge is 2.12. The van der Waals surface area contributed by atoms with Crippen LogP contribution in [0.3, 0.4) is 0 Å². The van der Waals surface area contributed by atoms with Crippen LogP contribution >= 0.6 is 15.9 Å². The third-order valence-electron chi connectivity index (χ3n) is 3.03. The molecule has 0 bridgehead atoms. The first-order valence-corrected chi connectivity index (χ1v) is 7.08. The Morgan fingerprint density at radius 3 is 2.43 bits per heavy atom. The van der Waals surface area contributed by atoms with Gasteiger partial charge in [-0.05, 0) is 59.1 Å². The summed E-state index contributed by atoms with van der Waals surface area (Å²) in [6, 6.07) is 9.73. The topological polar surface area (TPSA) is 72.6 Å². The molecule has 0 aliphatic carbocycles. The Hall–Kier alpha value is -1.92. The minimum atomic E-state index is -0.559. The van der Waals surface area contributed by atoms with Gasteiger partial charge in [0.25, 0.3) is 5.69 Å². The van der Waals surface area contributed by atoms with E-state index in [-0.39, 0.29) is 5.69 Å². The lowest BCUT2D eigenvalue weighted by atomic mass is 10.1. The zero-order chi connectivity index (χ0) is 15.6. The van der Waals surface area contributed by atoms with Gasteiger partial charge in [-0.3, -0.25) is 10.1 Å². The molecule has 2 aromatic carbocycles. The van der Waals surface area contributed by atoms with E-state index in [0.717, 1.165) is 5.56 Å². The molecule has 2 rings (SSSR count). The third-order valence-corrected chi connectivity index (χ3v) is 3.65. The maximum atomic E-state index is 10.7. The summed E-state index contributed by atoms with van der Waals surface area (Å²) in [5.41, 5.74) is 1.48. The van der Waals surface area contributed by atoms with Crippen LogP contribution in [0.2, 0.25) is 0 Å². The van der Waals surface area contributed by atoms with Crippen molar-refractivity contribution in [3.05, 3.63) is 62.1 Å². The van der Waals surface area contributed by atoms with Gasteiger partial charge in [0.15, 0.2) is 0 Å². The Bertz CT molecular complexity index is 685. The lowest BCUT2D eigenvalue weighted by molar-refractivity contribution is -0.384. The summed E-state index contributed by atoms with van der Waals surface area (Å²) in [4.78, 5) is 10.3. The van der Waals surface area contributed by atoms with Crippen molar-refractivity contribution in [2.75, 3.05) is 0 Å². The molecule has 0 aliphatic rings. The van der Waals surface area contributed by atoms with Crippen LogP contribution in [0.1, 0.15) is 24.2 Å². The van der Waals surface area contributed by atoms with Crippen molar-refractivity contribution in [1.29, 1.82) is 0 Å². The van der Waals surface area contributed by atoms with Crippen molar-refractivity contribution in [3.63, 3.8) is 0 Å². The van der Waals surface area contributed by atoms with Crippen LogP contribution in [-0.4, -0.2) is 10.0 Å². The van der Waals surface area contributed by atoms with Gasteiger partial charge in [-0.25, -0.2) is 0 Å². The molecule has 2 aromatic rings. The first-order chi connectivity index (χ1) is 9.88. The monoisotopic (exact) mass is 351 g/mol. The Labute approximate surface area is 130 Å². The fourth-order valence-corrected chi connectivity index (χ4v) is 2.32. The van der Waals surface area contributed by atoms with E-state index in [2.05, 4.69) is 15.9 Å². The second-order valence-electron chi connectivity index (χ2n) is 4.67. The highest BCUT2D eigenvalue weighted by molar-refractivity contribution is 9.10. The molecule has 110 valence electrons. The molecule has 0 spiro atoms. The van der Waals surface area contributed by atoms with Crippen LogP contribution in [0, 0.1) is 17.0 Å². The molecule has 1 atom stereocenters. The van der Waals surface area contributed by atoms with Crippen LogP contribution < -0.4 is 4.74 Å². The second kappa shape index (κ2) is 6.24. The molecule has 0 amide bonds. The minimum absolute atomic E-state index is 0.0309. The maximum Gasteiger partial charge on any atom is 0.269 e. The Balaban J connectivity index is 2.28. The number of non-ortho nitro benzene ring substituents is 1. The summed E-state index contributed by atoms with van der Waals surface area (Å²) in [7, 11) is 0. The van der Waals surface area contributed by atoms with Gasteiger partial charge in [-0.15, -0.1) is 0 Å². The van der Waals surface area contributed by atoms with E-state index in [9.17, 15) is 15.2 Å². The summed E-state index contributed by atoms with van der Waals surface area (Å²) in [6.45, 7) is 3.43. The van der Waals surface area contributed by atoms with E-state index in [0.29, 0.717) is 21.5 Å².